The van der Waals surface area contributed by atoms with E-state index in [1.54, 1.807) is 12.1 Å². The second-order valence-electron chi connectivity index (χ2n) is 4.81. The SMILES string of the molecule is NCC(O)(c1ccc(C2CCC2)cc1)C(F)(F)F. The Labute approximate surface area is 104 Å². The fraction of sp³-hybridized carbons (Fsp3) is 0.538. The van der Waals surface area contributed by atoms with Crippen LogP contribution in [-0.2, 0) is 5.60 Å². The average Bonchev–Trinajstić information content (AvgIpc) is 2.25. The summed E-state index contributed by atoms with van der Waals surface area (Å²) in [5, 5.41) is 9.68. The summed E-state index contributed by atoms with van der Waals surface area (Å²) < 4.78 is 38.4. The number of halogens is 3. The first-order valence-electron chi connectivity index (χ1n) is 5.98. The van der Waals surface area contributed by atoms with Crippen molar-refractivity contribution in [3.05, 3.63) is 35.4 Å². The summed E-state index contributed by atoms with van der Waals surface area (Å²) >= 11 is 0. The molecule has 1 unspecified atom stereocenters. The number of benzene rings is 1. The third-order valence-electron chi connectivity index (χ3n) is 3.73. The van der Waals surface area contributed by atoms with E-state index in [2.05, 4.69) is 0 Å². The predicted octanol–water partition coefficient (Wildman–Crippen LogP) is 2.66. The molecule has 0 aliphatic heterocycles. The third-order valence-corrected chi connectivity index (χ3v) is 3.73. The smallest absolute Gasteiger partial charge is 0.375 e. The molecule has 2 rings (SSSR count). The topological polar surface area (TPSA) is 46.2 Å². The van der Waals surface area contributed by atoms with Crippen molar-refractivity contribution in [1.29, 1.82) is 0 Å². The zero-order valence-corrected chi connectivity index (χ0v) is 9.87. The van der Waals surface area contributed by atoms with E-state index >= 15 is 0 Å². The van der Waals surface area contributed by atoms with Gasteiger partial charge in [0.2, 0.25) is 0 Å². The highest BCUT2D eigenvalue weighted by Crippen LogP contribution is 2.40. The summed E-state index contributed by atoms with van der Waals surface area (Å²) in [6.07, 6.45) is -1.43. The van der Waals surface area contributed by atoms with Crippen molar-refractivity contribution in [2.24, 2.45) is 5.73 Å². The van der Waals surface area contributed by atoms with Gasteiger partial charge in [0.15, 0.2) is 5.60 Å². The Morgan fingerprint density at radius 2 is 1.72 bits per heavy atom. The maximum absolute atomic E-state index is 12.8. The van der Waals surface area contributed by atoms with Gasteiger partial charge < -0.3 is 10.8 Å². The molecule has 1 aromatic carbocycles. The molecule has 0 spiro atoms. The van der Waals surface area contributed by atoms with E-state index in [1.165, 1.54) is 18.6 Å². The molecule has 1 aromatic rings. The first-order chi connectivity index (χ1) is 8.38. The van der Waals surface area contributed by atoms with Crippen LogP contribution in [0.1, 0.15) is 36.3 Å². The highest BCUT2D eigenvalue weighted by Gasteiger charge is 2.54. The molecule has 0 heterocycles. The largest absolute Gasteiger partial charge is 0.422 e. The molecule has 0 aromatic heterocycles. The molecule has 0 amide bonds. The lowest BCUT2D eigenvalue weighted by Gasteiger charge is -2.30. The van der Waals surface area contributed by atoms with Crippen LogP contribution < -0.4 is 5.73 Å². The first-order valence-corrected chi connectivity index (χ1v) is 5.98. The highest BCUT2D eigenvalue weighted by molar-refractivity contribution is 5.31. The third kappa shape index (κ3) is 2.12. The molecule has 1 saturated carbocycles. The van der Waals surface area contributed by atoms with Gasteiger partial charge in [-0.25, -0.2) is 0 Å². The number of rotatable bonds is 3. The molecule has 100 valence electrons. The zero-order valence-electron chi connectivity index (χ0n) is 9.87. The van der Waals surface area contributed by atoms with E-state index in [-0.39, 0.29) is 5.56 Å². The Morgan fingerprint density at radius 3 is 2.06 bits per heavy atom. The number of hydrogen-bond acceptors (Lipinski definition) is 2. The molecule has 1 fully saturated rings. The molecule has 1 aliphatic rings. The summed E-state index contributed by atoms with van der Waals surface area (Å²) in [5.41, 5.74) is 2.98. The minimum Gasteiger partial charge on any atom is -0.375 e. The molecule has 1 atom stereocenters. The van der Waals surface area contributed by atoms with Crippen LogP contribution in [0.4, 0.5) is 13.2 Å². The summed E-state index contributed by atoms with van der Waals surface area (Å²) in [5.74, 6) is 0.455. The summed E-state index contributed by atoms with van der Waals surface area (Å²) in [6, 6.07) is 5.97. The van der Waals surface area contributed by atoms with Crippen LogP contribution in [0.3, 0.4) is 0 Å². The van der Waals surface area contributed by atoms with Crippen molar-refractivity contribution in [2.45, 2.75) is 37.0 Å². The molecule has 2 nitrogen and oxygen atoms in total. The Balaban J connectivity index is 2.27. The fourth-order valence-electron chi connectivity index (χ4n) is 2.17. The van der Waals surface area contributed by atoms with Gasteiger partial charge in [-0.2, -0.15) is 13.2 Å². The molecule has 1 aliphatic carbocycles. The predicted molar refractivity (Wildman–Crippen MR) is 62.0 cm³/mol. The average molecular weight is 259 g/mol. The first kappa shape index (κ1) is 13.4. The van der Waals surface area contributed by atoms with E-state index in [1.807, 2.05) is 0 Å². The second-order valence-corrected chi connectivity index (χ2v) is 4.81. The molecular formula is C13H16F3NO. The van der Waals surface area contributed by atoms with Crippen molar-refractivity contribution in [3.63, 3.8) is 0 Å². The van der Waals surface area contributed by atoms with Gasteiger partial charge in [-0.1, -0.05) is 30.7 Å². The van der Waals surface area contributed by atoms with Crippen LogP contribution in [0.2, 0.25) is 0 Å². The van der Waals surface area contributed by atoms with Crippen LogP contribution in [0.5, 0.6) is 0 Å². The van der Waals surface area contributed by atoms with Crippen LogP contribution in [0.25, 0.3) is 0 Å². The van der Waals surface area contributed by atoms with E-state index in [0.717, 1.165) is 18.4 Å². The fourth-order valence-corrected chi connectivity index (χ4v) is 2.17. The molecule has 0 saturated heterocycles. The summed E-state index contributed by atoms with van der Waals surface area (Å²) in [7, 11) is 0. The van der Waals surface area contributed by atoms with Crippen LogP contribution in [0.15, 0.2) is 24.3 Å². The van der Waals surface area contributed by atoms with Gasteiger partial charge in [0.05, 0.1) is 0 Å². The molecule has 0 bridgehead atoms. The molecule has 0 radical (unpaired) electrons. The van der Waals surface area contributed by atoms with Crippen molar-refractivity contribution in [1.82, 2.24) is 0 Å². The number of aliphatic hydroxyl groups is 1. The van der Waals surface area contributed by atoms with E-state index < -0.39 is 18.3 Å². The molecular weight excluding hydrogens is 243 g/mol. The van der Waals surface area contributed by atoms with Crippen LogP contribution in [0, 0.1) is 0 Å². The molecule has 5 heteroatoms. The van der Waals surface area contributed by atoms with Gasteiger partial charge in [-0.3, -0.25) is 0 Å². The Bertz CT molecular complexity index is 411. The van der Waals surface area contributed by atoms with Crippen LogP contribution in [-0.4, -0.2) is 17.8 Å². The molecule has 3 N–H and O–H groups in total. The van der Waals surface area contributed by atoms with Crippen LogP contribution >= 0.6 is 0 Å². The standard InChI is InChI=1S/C13H16F3NO/c14-13(15,16)12(18,8-17)11-6-4-10(5-7-11)9-2-1-3-9/h4-7,9,18H,1-3,8,17H2. The quantitative estimate of drug-likeness (QED) is 0.876. The van der Waals surface area contributed by atoms with E-state index in [9.17, 15) is 18.3 Å². The van der Waals surface area contributed by atoms with E-state index in [4.69, 9.17) is 5.73 Å². The normalized spacial score (nSPS) is 20.3. The minimum absolute atomic E-state index is 0.194. The monoisotopic (exact) mass is 259 g/mol. The van der Waals surface area contributed by atoms with Crippen molar-refractivity contribution >= 4 is 0 Å². The number of hydrogen-bond donors (Lipinski definition) is 2. The van der Waals surface area contributed by atoms with Gasteiger partial charge in [0.1, 0.15) is 0 Å². The summed E-state index contributed by atoms with van der Waals surface area (Å²) in [6.45, 7) is -0.876. The number of alkyl halides is 3. The van der Waals surface area contributed by atoms with Gasteiger partial charge >= 0.3 is 6.18 Å². The van der Waals surface area contributed by atoms with Gasteiger partial charge in [-0.15, -0.1) is 0 Å². The van der Waals surface area contributed by atoms with Gasteiger partial charge in [0, 0.05) is 6.54 Å². The van der Waals surface area contributed by atoms with Crippen molar-refractivity contribution < 1.29 is 18.3 Å². The summed E-state index contributed by atoms with van der Waals surface area (Å²) in [4.78, 5) is 0. The Morgan fingerprint density at radius 1 is 1.17 bits per heavy atom. The van der Waals surface area contributed by atoms with Crippen molar-refractivity contribution in [3.8, 4) is 0 Å². The lowest BCUT2D eigenvalue weighted by Crippen LogP contribution is -2.48. The van der Waals surface area contributed by atoms with Gasteiger partial charge in [-0.05, 0) is 29.9 Å². The lowest BCUT2D eigenvalue weighted by molar-refractivity contribution is -0.262. The number of nitrogens with two attached hydrogens (primary N) is 1. The highest BCUT2D eigenvalue weighted by atomic mass is 19.4. The Kier molecular flexibility index (Phi) is 3.38. The Hall–Kier alpha value is -1.07. The maximum Gasteiger partial charge on any atom is 0.422 e. The van der Waals surface area contributed by atoms with Crippen molar-refractivity contribution in [2.75, 3.05) is 6.54 Å². The zero-order chi connectivity index (χ0) is 13.4. The van der Waals surface area contributed by atoms with Gasteiger partial charge in [0.25, 0.3) is 0 Å². The lowest BCUT2D eigenvalue weighted by atomic mass is 9.79. The maximum atomic E-state index is 12.8. The minimum atomic E-state index is -4.76. The van der Waals surface area contributed by atoms with E-state index in [0.29, 0.717) is 5.92 Å². The molecule has 18 heavy (non-hydrogen) atoms. The second kappa shape index (κ2) is 4.55.